The molecule has 0 radical (unpaired) electrons. The second kappa shape index (κ2) is 6.58. The van der Waals surface area contributed by atoms with E-state index in [-0.39, 0.29) is 5.91 Å². The van der Waals surface area contributed by atoms with Crippen molar-refractivity contribution in [2.75, 3.05) is 5.32 Å². The number of hydrogen-bond acceptors (Lipinski definition) is 3. The highest BCUT2D eigenvalue weighted by molar-refractivity contribution is 6.02. The molecule has 0 saturated carbocycles. The average Bonchev–Trinajstić information content (AvgIpc) is 2.92. The number of para-hydroxylation sites is 1. The smallest absolute Gasteiger partial charge is 0.408 e. The van der Waals surface area contributed by atoms with Gasteiger partial charge in [-0.3, -0.25) is 9.78 Å². The fraction of sp³-hybridized carbons (Fsp3) is 0.158. The van der Waals surface area contributed by atoms with Crippen LogP contribution >= 0.6 is 0 Å². The number of nitrogens with one attached hydrogen (secondary N) is 2. The molecular weight excluding hydrogens is 304 g/mol. The van der Waals surface area contributed by atoms with Crippen LogP contribution in [0.4, 0.5) is 5.69 Å². The van der Waals surface area contributed by atoms with Crippen molar-refractivity contribution in [3.8, 4) is 0 Å². The van der Waals surface area contributed by atoms with Gasteiger partial charge in [-0.2, -0.15) is 0 Å². The SMILES string of the molecule is CC(C)c1ccccc1NC(=O)/C=C/c1ccc2oc(=O)[nH]c2c1. The summed E-state index contributed by atoms with van der Waals surface area (Å²) in [6, 6.07) is 13.0. The van der Waals surface area contributed by atoms with Crippen molar-refractivity contribution in [3.63, 3.8) is 0 Å². The summed E-state index contributed by atoms with van der Waals surface area (Å²) in [5.41, 5.74) is 3.81. The number of amides is 1. The largest absolute Gasteiger partial charge is 0.417 e. The first kappa shape index (κ1) is 15.8. The monoisotopic (exact) mass is 322 g/mol. The molecule has 5 nitrogen and oxygen atoms in total. The summed E-state index contributed by atoms with van der Waals surface area (Å²) in [5.74, 6) is -0.371. The quantitative estimate of drug-likeness (QED) is 0.715. The van der Waals surface area contributed by atoms with Gasteiger partial charge in [-0.05, 0) is 41.3 Å². The average molecular weight is 322 g/mol. The zero-order valence-electron chi connectivity index (χ0n) is 13.5. The number of fused-ring (bicyclic) bond motifs is 1. The molecule has 5 heteroatoms. The molecule has 122 valence electrons. The van der Waals surface area contributed by atoms with Gasteiger partial charge in [0.25, 0.3) is 0 Å². The third-order valence-electron chi connectivity index (χ3n) is 3.71. The summed E-state index contributed by atoms with van der Waals surface area (Å²) < 4.78 is 4.95. The van der Waals surface area contributed by atoms with E-state index in [2.05, 4.69) is 24.1 Å². The van der Waals surface area contributed by atoms with Crippen molar-refractivity contribution in [1.82, 2.24) is 4.98 Å². The minimum absolute atomic E-state index is 0.205. The van der Waals surface area contributed by atoms with E-state index in [9.17, 15) is 9.59 Å². The van der Waals surface area contributed by atoms with Crippen LogP contribution in [0, 0.1) is 0 Å². The second-order valence-electron chi connectivity index (χ2n) is 5.83. The Kier molecular flexibility index (Phi) is 4.33. The van der Waals surface area contributed by atoms with Crippen molar-refractivity contribution in [1.29, 1.82) is 0 Å². The van der Waals surface area contributed by atoms with E-state index >= 15 is 0 Å². The van der Waals surface area contributed by atoms with E-state index in [0.29, 0.717) is 17.0 Å². The summed E-state index contributed by atoms with van der Waals surface area (Å²) in [5, 5.41) is 2.90. The third-order valence-corrected chi connectivity index (χ3v) is 3.71. The highest BCUT2D eigenvalue weighted by Crippen LogP contribution is 2.23. The first-order valence-corrected chi connectivity index (χ1v) is 7.74. The number of benzene rings is 2. The second-order valence-corrected chi connectivity index (χ2v) is 5.83. The number of carbonyl (C=O) groups is 1. The minimum Gasteiger partial charge on any atom is -0.408 e. The van der Waals surface area contributed by atoms with Gasteiger partial charge in [0.1, 0.15) is 0 Å². The molecule has 2 N–H and O–H groups in total. The van der Waals surface area contributed by atoms with Crippen LogP contribution in [0.25, 0.3) is 17.2 Å². The molecule has 0 unspecified atom stereocenters. The molecule has 3 aromatic rings. The molecule has 0 aliphatic carbocycles. The Morgan fingerprint density at radius 2 is 2.00 bits per heavy atom. The lowest BCUT2D eigenvalue weighted by Gasteiger charge is -2.12. The van der Waals surface area contributed by atoms with Crippen LogP contribution in [0.2, 0.25) is 0 Å². The molecular formula is C19H18N2O3. The Hall–Kier alpha value is -3.08. The van der Waals surface area contributed by atoms with E-state index in [1.54, 1.807) is 24.3 Å². The number of aromatic nitrogens is 1. The van der Waals surface area contributed by atoms with Crippen LogP contribution in [0.1, 0.15) is 30.9 Å². The van der Waals surface area contributed by atoms with Crippen molar-refractivity contribution in [2.45, 2.75) is 19.8 Å². The Morgan fingerprint density at radius 3 is 2.79 bits per heavy atom. The van der Waals surface area contributed by atoms with Crippen molar-refractivity contribution >= 4 is 28.8 Å². The summed E-state index contributed by atoms with van der Waals surface area (Å²) >= 11 is 0. The number of anilines is 1. The van der Waals surface area contributed by atoms with Gasteiger partial charge in [0.05, 0.1) is 5.52 Å². The molecule has 2 aromatic carbocycles. The molecule has 0 atom stereocenters. The Labute approximate surface area is 139 Å². The van der Waals surface area contributed by atoms with Crippen molar-refractivity contribution < 1.29 is 9.21 Å². The van der Waals surface area contributed by atoms with Gasteiger partial charge in [-0.1, -0.05) is 38.1 Å². The summed E-state index contributed by atoms with van der Waals surface area (Å²) in [7, 11) is 0. The molecule has 0 fully saturated rings. The number of rotatable bonds is 4. The van der Waals surface area contributed by atoms with Crippen LogP contribution in [0.3, 0.4) is 0 Å². The number of carbonyl (C=O) groups excluding carboxylic acids is 1. The molecule has 0 bridgehead atoms. The first-order valence-electron chi connectivity index (χ1n) is 7.74. The lowest BCUT2D eigenvalue weighted by molar-refractivity contribution is -0.111. The van der Waals surface area contributed by atoms with Gasteiger partial charge in [0, 0.05) is 11.8 Å². The zero-order valence-corrected chi connectivity index (χ0v) is 13.5. The molecule has 1 aromatic heterocycles. The maximum atomic E-state index is 12.2. The predicted molar refractivity (Wildman–Crippen MR) is 95.0 cm³/mol. The van der Waals surface area contributed by atoms with Gasteiger partial charge in [-0.25, -0.2) is 4.79 Å². The normalized spacial score (nSPS) is 11.5. The highest BCUT2D eigenvalue weighted by atomic mass is 16.4. The summed E-state index contributed by atoms with van der Waals surface area (Å²) in [6.45, 7) is 4.17. The van der Waals surface area contributed by atoms with Crippen molar-refractivity contribution in [3.05, 3.63) is 70.2 Å². The lowest BCUT2D eigenvalue weighted by Crippen LogP contribution is -2.10. The van der Waals surface area contributed by atoms with E-state index in [0.717, 1.165) is 16.8 Å². The fourth-order valence-electron chi connectivity index (χ4n) is 2.53. The molecule has 0 spiro atoms. The van der Waals surface area contributed by atoms with Crippen LogP contribution in [-0.2, 0) is 4.79 Å². The molecule has 0 aliphatic heterocycles. The summed E-state index contributed by atoms with van der Waals surface area (Å²) in [4.78, 5) is 25.9. The van der Waals surface area contributed by atoms with Crippen LogP contribution < -0.4 is 11.1 Å². The molecule has 0 aliphatic rings. The predicted octanol–water partition coefficient (Wildman–Crippen LogP) is 3.90. The fourth-order valence-corrected chi connectivity index (χ4v) is 2.53. The maximum absolute atomic E-state index is 12.2. The van der Waals surface area contributed by atoms with Crippen LogP contribution in [-0.4, -0.2) is 10.9 Å². The van der Waals surface area contributed by atoms with Gasteiger partial charge in [0.15, 0.2) is 5.58 Å². The third kappa shape index (κ3) is 3.46. The molecule has 24 heavy (non-hydrogen) atoms. The molecule has 0 saturated heterocycles. The lowest BCUT2D eigenvalue weighted by atomic mass is 10.0. The van der Waals surface area contributed by atoms with Gasteiger partial charge >= 0.3 is 5.76 Å². The topological polar surface area (TPSA) is 75.1 Å². The van der Waals surface area contributed by atoms with Gasteiger partial charge < -0.3 is 9.73 Å². The van der Waals surface area contributed by atoms with E-state index in [1.165, 1.54) is 6.08 Å². The number of aromatic amines is 1. The first-order chi connectivity index (χ1) is 11.5. The number of hydrogen-bond donors (Lipinski definition) is 2. The Morgan fingerprint density at radius 1 is 1.21 bits per heavy atom. The number of oxazole rings is 1. The van der Waals surface area contributed by atoms with E-state index in [1.807, 2.05) is 24.3 Å². The molecule has 1 amide bonds. The van der Waals surface area contributed by atoms with E-state index < -0.39 is 5.76 Å². The standard InChI is InChI=1S/C19H18N2O3/c1-12(2)14-5-3-4-6-15(14)20-18(22)10-8-13-7-9-17-16(11-13)21-19(23)24-17/h3-12H,1-2H3,(H,20,22)(H,21,23)/b10-8+. The van der Waals surface area contributed by atoms with Gasteiger partial charge in [0.2, 0.25) is 5.91 Å². The zero-order chi connectivity index (χ0) is 17.1. The minimum atomic E-state index is -0.492. The van der Waals surface area contributed by atoms with Crippen molar-refractivity contribution in [2.24, 2.45) is 0 Å². The highest BCUT2D eigenvalue weighted by Gasteiger charge is 2.07. The molecule has 1 heterocycles. The summed E-state index contributed by atoms with van der Waals surface area (Å²) in [6.07, 6.45) is 3.16. The Balaban J connectivity index is 1.76. The van der Waals surface area contributed by atoms with Crippen LogP contribution in [0.5, 0.6) is 0 Å². The molecule has 3 rings (SSSR count). The van der Waals surface area contributed by atoms with E-state index in [4.69, 9.17) is 4.42 Å². The number of H-pyrrole nitrogens is 1. The maximum Gasteiger partial charge on any atom is 0.417 e. The van der Waals surface area contributed by atoms with Crippen LogP contribution in [0.15, 0.2) is 57.8 Å². The Bertz CT molecular complexity index is 964. The van der Waals surface area contributed by atoms with Gasteiger partial charge in [-0.15, -0.1) is 0 Å².